The number of hydrazone groups is 1. The molecule has 0 saturated carbocycles. The Morgan fingerprint density at radius 3 is 2.27 bits per heavy atom. The lowest BCUT2D eigenvalue weighted by atomic mass is 10.0. The van der Waals surface area contributed by atoms with Gasteiger partial charge in [-0.25, -0.2) is 14.5 Å². The van der Waals surface area contributed by atoms with Crippen LogP contribution in [-0.2, 0) is 19.1 Å². The lowest BCUT2D eigenvalue weighted by molar-refractivity contribution is -0.161. The Hall–Kier alpha value is -2.90. The monoisotopic (exact) mass is 417 g/mol. The van der Waals surface area contributed by atoms with Crippen LogP contribution < -0.4 is 5.43 Å². The number of amides is 2. The minimum absolute atomic E-state index is 0.157. The Balaban J connectivity index is 2.11. The van der Waals surface area contributed by atoms with Crippen LogP contribution in [0.4, 0.5) is 10.5 Å². The Bertz CT molecular complexity index is 793. The van der Waals surface area contributed by atoms with Crippen LogP contribution in [0.25, 0.3) is 0 Å². The topological polar surface area (TPSA) is 97.3 Å². The molecular formula is C22H31N3O5. The quantitative estimate of drug-likeness (QED) is 0.442. The summed E-state index contributed by atoms with van der Waals surface area (Å²) in [6, 6.07) is 8.35. The first-order chi connectivity index (χ1) is 13.9. The summed E-state index contributed by atoms with van der Waals surface area (Å²) < 4.78 is 10.8. The highest BCUT2D eigenvalue weighted by Crippen LogP contribution is 2.30. The van der Waals surface area contributed by atoms with Gasteiger partial charge in [0.1, 0.15) is 17.2 Å². The van der Waals surface area contributed by atoms with Crippen LogP contribution in [0.15, 0.2) is 35.4 Å². The van der Waals surface area contributed by atoms with Crippen molar-refractivity contribution in [2.45, 2.75) is 71.6 Å². The zero-order valence-electron chi connectivity index (χ0n) is 18.5. The van der Waals surface area contributed by atoms with Crippen molar-refractivity contribution in [3.8, 4) is 0 Å². The second-order valence-corrected chi connectivity index (χ2v) is 9.20. The molecule has 30 heavy (non-hydrogen) atoms. The van der Waals surface area contributed by atoms with E-state index in [0.29, 0.717) is 0 Å². The number of carbonyl (C=O) groups is 3. The molecule has 1 heterocycles. The van der Waals surface area contributed by atoms with Gasteiger partial charge < -0.3 is 9.47 Å². The lowest BCUT2D eigenvalue weighted by Crippen LogP contribution is -2.47. The third-order valence-electron chi connectivity index (χ3n) is 4.12. The molecule has 8 heteroatoms. The fourth-order valence-corrected chi connectivity index (χ4v) is 2.94. The number of hydrogen-bond acceptors (Lipinski definition) is 7. The number of ether oxygens (including phenoxy) is 2. The van der Waals surface area contributed by atoms with E-state index in [9.17, 15) is 14.4 Å². The summed E-state index contributed by atoms with van der Waals surface area (Å²) in [5, 5.41) is 4.12. The highest BCUT2D eigenvalue weighted by atomic mass is 16.6. The molecule has 0 aliphatic carbocycles. The Morgan fingerprint density at radius 2 is 1.70 bits per heavy atom. The average Bonchev–Trinajstić information content (AvgIpc) is 2.93. The van der Waals surface area contributed by atoms with Gasteiger partial charge in [-0.05, 0) is 66.5 Å². The van der Waals surface area contributed by atoms with Crippen LogP contribution in [0.1, 0.15) is 54.4 Å². The number of esters is 1. The first-order valence-corrected chi connectivity index (χ1v) is 9.99. The van der Waals surface area contributed by atoms with Crippen molar-refractivity contribution in [1.82, 2.24) is 4.90 Å². The maximum absolute atomic E-state index is 12.9. The molecule has 1 aromatic carbocycles. The zero-order chi connectivity index (χ0) is 22.5. The number of carbonyl (C=O) groups excluding carboxylic acids is 3. The van der Waals surface area contributed by atoms with Crippen molar-refractivity contribution in [3.05, 3.63) is 30.3 Å². The van der Waals surface area contributed by atoms with Gasteiger partial charge in [0, 0.05) is 12.1 Å². The molecule has 1 fully saturated rings. The number of anilines is 1. The standard InChI is InChI=1S/C22H31N3O5/c1-21(2,3)29-19(27)17-14-15(12-13-23-24-16-10-8-7-9-11-16)18(26)25(17)20(28)30-22(4,5)6/h7-11,13,15,17,24H,12,14H2,1-6H3/b23-13+/t15-,17+/m1/s1. The molecule has 164 valence electrons. The van der Waals surface area contributed by atoms with Gasteiger partial charge in [0.25, 0.3) is 0 Å². The maximum atomic E-state index is 12.9. The fraction of sp³-hybridized carbons (Fsp3) is 0.545. The fourth-order valence-electron chi connectivity index (χ4n) is 2.94. The molecule has 2 rings (SSSR count). The lowest BCUT2D eigenvalue weighted by Gasteiger charge is -2.28. The summed E-state index contributed by atoms with van der Waals surface area (Å²) >= 11 is 0. The predicted octanol–water partition coefficient (Wildman–Crippen LogP) is 3.97. The van der Waals surface area contributed by atoms with Crippen molar-refractivity contribution < 1.29 is 23.9 Å². The third kappa shape index (κ3) is 6.86. The summed E-state index contributed by atoms with van der Waals surface area (Å²) in [5.74, 6) is -1.66. The van der Waals surface area contributed by atoms with Gasteiger partial charge in [0.05, 0.1) is 5.69 Å². The molecule has 1 saturated heterocycles. The van der Waals surface area contributed by atoms with Crippen molar-refractivity contribution in [1.29, 1.82) is 0 Å². The number of nitrogens with one attached hydrogen (secondary N) is 1. The molecular weight excluding hydrogens is 386 g/mol. The number of likely N-dealkylation sites (tertiary alicyclic amines) is 1. The van der Waals surface area contributed by atoms with Crippen LogP contribution in [0.5, 0.6) is 0 Å². The molecule has 0 spiro atoms. The van der Waals surface area contributed by atoms with Gasteiger partial charge in [-0.3, -0.25) is 10.2 Å². The molecule has 1 aliphatic heterocycles. The van der Waals surface area contributed by atoms with Crippen molar-refractivity contribution in [3.63, 3.8) is 0 Å². The largest absolute Gasteiger partial charge is 0.458 e. The van der Waals surface area contributed by atoms with Crippen LogP contribution >= 0.6 is 0 Å². The number of rotatable bonds is 5. The summed E-state index contributed by atoms with van der Waals surface area (Å²) in [4.78, 5) is 39.1. The summed E-state index contributed by atoms with van der Waals surface area (Å²) in [6.45, 7) is 10.3. The minimum atomic E-state index is -1.02. The number of benzene rings is 1. The average molecular weight is 418 g/mol. The first-order valence-electron chi connectivity index (χ1n) is 9.99. The van der Waals surface area contributed by atoms with E-state index in [-0.39, 0.29) is 12.8 Å². The van der Waals surface area contributed by atoms with E-state index >= 15 is 0 Å². The van der Waals surface area contributed by atoms with E-state index in [2.05, 4.69) is 10.5 Å². The van der Waals surface area contributed by atoms with Crippen molar-refractivity contribution >= 4 is 29.9 Å². The molecule has 0 aromatic heterocycles. The SMILES string of the molecule is CC(C)(C)OC(=O)[C@@H]1C[C@@H](C/C=N/Nc2ccccc2)C(=O)N1C(=O)OC(C)(C)C. The van der Waals surface area contributed by atoms with E-state index in [0.717, 1.165) is 10.6 Å². The molecule has 2 atom stereocenters. The molecule has 0 radical (unpaired) electrons. The van der Waals surface area contributed by atoms with Gasteiger partial charge in [-0.2, -0.15) is 5.10 Å². The molecule has 1 aromatic rings. The Labute approximate surface area is 177 Å². The second kappa shape index (κ2) is 9.28. The first kappa shape index (κ1) is 23.4. The van der Waals surface area contributed by atoms with E-state index in [4.69, 9.17) is 9.47 Å². The van der Waals surface area contributed by atoms with E-state index in [1.165, 1.54) is 0 Å². The van der Waals surface area contributed by atoms with Gasteiger partial charge >= 0.3 is 12.1 Å². The molecule has 1 aliphatic rings. The maximum Gasteiger partial charge on any atom is 0.417 e. The second-order valence-electron chi connectivity index (χ2n) is 9.20. The number of nitrogens with zero attached hydrogens (tertiary/aromatic N) is 2. The van der Waals surface area contributed by atoms with Gasteiger partial charge in [0.15, 0.2) is 0 Å². The summed E-state index contributed by atoms with van der Waals surface area (Å²) in [6.07, 6.45) is 1.16. The van der Waals surface area contributed by atoms with Crippen LogP contribution in [0.2, 0.25) is 0 Å². The molecule has 1 N–H and O–H groups in total. The smallest absolute Gasteiger partial charge is 0.417 e. The highest BCUT2D eigenvalue weighted by molar-refractivity contribution is 6.01. The molecule has 2 amide bonds. The van der Waals surface area contributed by atoms with Crippen LogP contribution in [0, 0.1) is 5.92 Å². The van der Waals surface area contributed by atoms with Gasteiger partial charge in [-0.15, -0.1) is 0 Å². The highest BCUT2D eigenvalue weighted by Gasteiger charge is 2.49. The molecule has 8 nitrogen and oxygen atoms in total. The van der Waals surface area contributed by atoms with E-state index in [1.54, 1.807) is 47.8 Å². The minimum Gasteiger partial charge on any atom is -0.458 e. The van der Waals surface area contributed by atoms with Crippen molar-refractivity contribution in [2.75, 3.05) is 5.43 Å². The van der Waals surface area contributed by atoms with Gasteiger partial charge in [-0.1, -0.05) is 18.2 Å². The summed E-state index contributed by atoms with van der Waals surface area (Å²) in [5.41, 5.74) is 2.15. The van der Waals surface area contributed by atoms with Gasteiger partial charge in [0.2, 0.25) is 5.91 Å². The molecule has 0 bridgehead atoms. The van der Waals surface area contributed by atoms with E-state index in [1.807, 2.05) is 30.3 Å². The molecule has 0 unspecified atom stereocenters. The predicted molar refractivity (Wildman–Crippen MR) is 114 cm³/mol. The van der Waals surface area contributed by atoms with Crippen LogP contribution in [-0.4, -0.2) is 46.3 Å². The summed E-state index contributed by atoms with van der Waals surface area (Å²) in [7, 11) is 0. The normalized spacial score (nSPS) is 19.8. The van der Waals surface area contributed by atoms with E-state index < -0.39 is 41.1 Å². The number of para-hydroxylation sites is 1. The van der Waals surface area contributed by atoms with Crippen molar-refractivity contribution in [2.24, 2.45) is 11.0 Å². The number of hydrogen-bond donors (Lipinski definition) is 1. The Morgan fingerprint density at radius 1 is 1.10 bits per heavy atom. The Kier molecular flexibility index (Phi) is 7.23. The third-order valence-corrected chi connectivity index (χ3v) is 4.12. The zero-order valence-corrected chi connectivity index (χ0v) is 18.5. The number of imide groups is 1. The van der Waals surface area contributed by atoms with Crippen LogP contribution in [0.3, 0.4) is 0 Å².